The Morgan fingerprint density at radius 1 is 1.75 bits per heavy atom. The summed E-state index contributed by atoms with van der Waals surface area (Å²) in [5.41, 5.74) is -0.956. The number of hydrogen-bond donors (Lipinski definition) is 1. The first-order valence-electron chi connectivity index (χ1n) is 5.96. The second kappa shape index (κ2) is 2.92. The van der Waals surface area contributed by atoms with Crippen molar-refractivity contribution in [3.63, 3.8) is 0 Å². The molecule has 1 amide bonds. The van der Waals surface area contributed by atoms with Crippen LogP contribution in [0.3, 0.4) is 0 Å². The minimum atomic E-state index is -2.08. The van der Waals surface area contributed by atoms with Crippen LogP contribution >= 0.6 is 0 Å². The van der Waals surface area contributed by atoms with Crippen molar-refractivity contribution in [1.29, 1.82) is 0 Å². The van der Waals surface area contributed by atoms with Gasteiger partial charge in [-0.1, -0.05) is 27.4 Å². The van der Waals surface area contributed by atoms with Crippen molar-refractivity contribution < 1.29 is 10.3 Å². The van der Waals surface area contributed by atoms with Crippen LogP contribution in [0.5, 0.6) is 0 Å². The first kappa shape index (κ1) is 5.05. The van der Waals surface area contributed by atoms with Gasteiger partial charge in [-0.25, -0.2) is 0 Å². The smallest absolute Gasteiger partial charge is 0.227 e. The van der Waals surface area contributed by atoms with Gasteiger partial charge in [0.15, 0.2) is 0 Å². The molecule has 2 unspecified atom stereocenters. The molecule has 2 heteroatoms. The molecule has 1 heterocycles. The number of rotatable bonds is 0. The van der Waals surface area contributed by atoms with Gasteiger partial charge >= 0.3 is 0 Å². The van der Waals surface area contributed by atoms with E-state index in [1.54, 1.807) is 20.8 Å². The minimum Gasteiger partial charge on any atom is -0.330 e. The fourth-order valence-electron chi connectivity index (χ4n) is 1.02. The summed E-state index contributed by atoms with van der Waals surface area (Å²) in [6.45, 7) is 8.38. The number of hydrogen-bond acceptors (Lipinski definition) is 1. The third-order valence-electron chi connectivity index (χ3n) is 1.71. The molecule has 2 atom stereocenters. The lowest BCUT2D eigenvalue weighted by molar-refractivity contribution is -0.129. The highest BCUT2D eigenvalue weighted by Gasteiger charge is 2.33. The van der Waals surface area contributed by atoms with E-state index in [-0.39, 0.29) is 5.70 Å². The van der Waals surface area contributed by atoms with Gasteiger partial charge in [-0.3, -0.25) is 4.79 Å². The zero-order valence-corrected chi connectivity index (χ0v) is 7.69. The molecule has 0 aliphatic carbocycles. The maximum Gasteiger partial charge on any atom is 0.227 e. The lowest BCUT2D eigenvalue weighted by atomic mass is 9.76. The average molecular weight is 171 g/mol. The fraction of sp³-hybridized carbons (Fsp3) is 0.700. The fourth-order valence-corrected chi connectivity index (χ4v) is 1.02. The average Bonchev–Trinajstić information content (AvgIpc) is 2.11. The molecule has 1 aliphatic rings. The quantitative estimate of drug-likeness (QED) is 0.594. The molecule has 68 valence electrons. The molecule has 0 radical (unpaired) electrons. The third-order valence-corrected chi connectivity index (χ3v) is 1.71. The predicted molar refractivity (Wildman–Crippen MR) is 49.5 cm³/mol. The van der Waals surface area contributed by atoms with Crippen LogP contribution < -0.4 is 5.32 Å². The molecule has 0 aromatic carbocycles. The van der Waals surface area contributed by atoms with E-state index in [2.05, 4.69) is 11.9 Å². The van der Waals surface area contributed by atoms with E-state index in [1.807, 2.05) is 0 Å². The summed E-state index contributed by atoms with van der Waals surface area (Å²) in [5.74, 6) is -2.47. The lowest BCUT2D eigenvalue weighted by Crippen LogP contribution is -2.41. The highest BCUT2D eigenvalue weighted by Crippen LogP contribution is 2.33. The molecule has 1 fully saturated rings. The third kappa shape index (κ3) is 1.87. The van der Waals surface area contributed by atoms with Crippen LogP contribution in [0.4, 0.5) is 0 Å². The van der Waals surface area contributed by atoms with Gasteiger partial charge < -0.3 is 5.32 Å². The van der Waals surface area contributed by atoms with Crippen molar-refractivity contribution >= 4 is 5.91 Å². The highest BCUT2D eigenvalue weighted by atomic mass is 16.2. The molecule has 0 aromatic heterocycles. The maximum atomic E-state index is 11.8. The SMILES string of the molecule is [2H]C1C([2H])([2H])C(=C)NC(=O)C1([2H])C(C)(C)C. The highest BCUT2D eigenvalue weighted by molar-refractivity contribution is 5.82. The summed E-state index contributed by atoms with van der Waals surface area (Å²) < 4.78 is 31.4. The Morgan fingerprint density at radius 2 is 2.33 bits per heavy atom. The predicted octanol–water partition coefficient (Wildman–Crippen LogP) is 2.07. The van der Waals surface area contributed by atoms with Gasteiger partial charge in [-0.15, -0.1) is 0 Å². The Morgan fingerprint density at radius 3 is 2.83 bits per heavy atom. The van der Waals surface area contributed by atoms with E-state index < -0.39 is 30.0 Å². The summed E-state index contributed by atoms with van der Waals surface area (Å²) in [6.07, 6.45) is -3.57. The Hall–Kier alpha value is -0.790. The number of piperidine rings is 1. The lowest BCUT2D eigenvalue weighted by Gasteiger charge is -2.33. The van der Waals surface area contributed by atoms with E-state index in [0.29, 0.717) is 0 Å². The molecule has 12 heavy (non-hydrogen) atoms. The number of nitrogens with one attached hydrogen (secondary N) is 1. The number of allylic oxidation sites excluding steroid dienone is 1. The van der Waals surface area contributed by atoms with E-state index in [9.17, 15) is 4.79 Å². The number of carbonyl (C=O) groups is 1. The largest absolute Gasteiger partial charge is 0.330 e. The number of amides is 1. The van der Waals surface area contributed by atoms with Gasteiger partial charge in [0.2, 0.25) is 5.91 Å². The van der Waals surface area contributed by atoms with Gasteiger partial charge in [0.25, 0.3) is 0 Å². The molecular weight excluding hydrogens is 150 g/mol. The molecule has 0 saturated carbocycles. The molecule has 1 N–H and O–H groups in total. The van der Waals surface area contributed by atoms with Crippen molar-refractivity contribution in [2.75, 3.05) is 0 Å². The number of carbonyl (C=O) groups excluding carboxylic acids is 1. The zero-order valence-electron chi connectivity index (χ0n) is 11.7. The van der Waals surface area contributed by atoms with Crippen LogP contribution in [-0.4, -0.2) is 5.91 Å². The van der Waals surface area contributed by atoms with Crippen LogP contribution in [0.25, 0.3) is 0 Å². The summed E-state index contributed by atoms with van der Waals surface area (Å²) in [4.78, 5) is 11.8. The van der Waals surface area contributed by atoms with Crippen molar-refractivity contribution in [3.05, 3.63) is 12.3 Å². The van der Waals surface area contributed by atoms with Gasteiger partial charge in [-0.2, -0.15) is 0 Å². The van der Waals surface area contributed by atoms with E-state index >= 15 is 0 Å². The molecule has 0 spiro atoms. The van der Waals surface area contributed by atoms with Crippen LogP contribution in [0.1, 0.15) is 39.0 Å². The van der Waals surface area contributed by atoms with Crippen molar-refractivity contribution in [2.24, 2.45) is 11.3 Å². The van der Waals surface area contributed by atoms with Crippen molar-refractivity contribution in [3.8, 4) is 0 Å². The van der Waals surface area contributed by atoms with Gasteiger partial charge in [0, 0.05) is 17.1 Å². The molecule has 2 nitrogen and oxygen atoms in total. The van der Waals surface area contributed by atoms with Crippen molar-refractivity contribution in [1.82, 2.24) is 5.32 Å². The van der Waals surface area contributed by atoms with Crippen molar-refractivity contribution in [2.45, 2.75) is 33.5 Å². The minimum absolute atomic E-state index is 0.135. The maximum absolute atomic E-state index is 11.8. The molecule has 0 aromatic rings. The van der Waals surface area contributed by atoms with E-state index in [0.717, 1.165) is 0 Å². The summed E-state index contributed by atoms with van der Waals surface area (Å²) >= 11 is 0. The van der Waals surface area contributed by atoms with E-state index in [4.69, 9.17) is 5.48 Å². The molecule has 1 aliphatic heterocycles. The normalized spacial score (nSPS) is 46.8. The van der Waals surface area contributed by atoms with Gasteiger partial charge in [-0.05, 0) is 18.2 Å². The summed E-state index contributed by atoms with van der Waals surface area (Å²) in [5, 5.41) is 2.28. The Balaban J connectivity index is 3.31. The monoisotopic (exact) mass is 171 g/mol. The molecule has 1 rings (SSSR count). The van der Waals surface area contributed by atoms with Gasteiger partial charge in [0.1, 0.15) is 0 Å². The zero-order chi connectivity index (χ0) is 12.9. The van der Waals surface area contributed by atoms with Gasteiger partial charge in [0.05, 0.1) is 0 Å². The van der Waals surface area contributed by atoms with Crippen LogP contribution in [-0.2, 0) is 4.79 Å². The molecular formula is C10H17NO. The van der Waals surface area contributed by atoms with E-state index in [1.165, 1.54) is 0 Å². The first-order valence-corrected chi connectivity index (χ1v) is 3.89. The Bertz CT molecular complexity index is 347. The second-order valence-corrected chi connectivity index (χ2v) is 3.89. The Kier molecular flexibility index (Phi) is 1.23. The van der Waals surface area contributed by atoms with Crippen LogP contribution in [0.2, 0.25) is 0 Å². The first-order chi connectivity index (χ1) is 6.95. The van der Waals surface area contributed by atoms with Crippen LogP contribution in [0.15, 0.2) is 12.3 Å². The topological polar surface area (TPSA) is 29.1 Å². The second-order valence-electron chi connectivity index (χ2n) is 3.89. The summed E-state index contributed by atoms with van der Waals surface area (Å²) in [6, 6.07) is 0. The molecule has 1 saturated heterocycles. The molecule has 0 bridgehead atoms. The van der Waals surface area contributed by atoms with Crippen LogP contribution in [0, 0.1) is 11.3 Å². The summed E-state index contributed by atoms with van der Waals surface area (Å²) in [7, 11) is 0. The standard InChI is InChI=1S/C10H17NO/c1-7-5-6-8(9(12)11-7)10(2,3)4/h8H,1,5-6H2,2-4H3,(H,11,12)/i5D2,6D,8D. The Labute approximate surface area is 79.7 Å².